The van der Waals surface area contributed by atoms with Crippen molar-refractivity contribution < 1.29 is 19.1 Å². The van der Waals surface area contributed by atoms with Crippen LogP contribution < -0.4 is 4.74 Å². The number of phenols is 1. The number of likely N-dealkylation sites (N-methyl/N-ethyl adjacent to an activating group) is 1. The quantitative estimate of drug-likeness (QED) is 0.199. The molecule has 1 amide bonds. The van der Waals surface area contributed by atoms with Gasteiger partial charge in [0.1, 0.15) is 24.7 Å². The van der Waals surface area contributed by atoms with E-state index in [4.69, 9.17) is 4.74 Å². The molecule has 0 saturated heterocycles. The van der Waals surface area contributed by atoms with E-state index < -0.39 is 0 Å². The van der Waals surface area contributed by atoms with Gasteiger partial charge in [-0.25, -0.2) is 0 Å². The second-order valence-electron chi connectivity index (χ2n) is 10.4. The number of unbranched alkanes of at least 4 members (excludes halogenated alkanes) is 2. The SMILES string of the molecule is C=CCc1ccc(O)c(-c2cc(CC=C)ccc2OCC[N+](C)(C)CC(=O)N(CCCC)CCCC)c1. The van der Waals surface area contributed by atoms with Gasteiger partial charge in [-0.3, -0.25) is 4.79 Å². The highest BCUT2D eigenvalue weighted by molar-refractivity contribution is 5.77. The number of carbonyl (C=O) groups is 1. The van der Waals surface area contributed by atoms with E-state index in [0.29, 0.717) is 24.2 Å². The van der Waals surface area contributed by atoms with E-state index in [1.807, 2.05) is 41.3 Å². The van der Waals surface area contributed by atoms with Crippen LogP contribution in [-0.2, 0) is 17.6 Å². The van der Waals surface area contributed by atoms with Crippen LogP contribution in [0.25, 0.3) is 11.1 Å². The fourth-order valence-electron chi connectivity index (χ4n) is 4.31. The highest BCUT2D eigenvalue weighted by atomic mass is 16.5. The largest absolute Gasteiger partial charge is 0.507 e. The minimum Gasteiger partial charge on any atom is -0.507 e. The Bertz CT molecular complexity index is 1020. The average Bonchev–Trinajstić information content (AvgIpc) is 2.86. The van der Waals surface area contributed by atoms with E-state index in [9.17, 15) is 9.90 Å². The van der Waals surface area contributed by atoms with Crippen molar-refractivity contribution in [1.29, 1.82) is 0 Å². The Hall–Kier alpha value is -3.05. The van der Waals surface area contributed by atoms with Gasteiger partial charge in [0.15, 0.2) is 6.54 Å². The van der Waals surface area contributed by atoms with Gasteiger partial charge in [-0.1, -0.05) is 51.0 Å². The summed E-state index contributed by atoms with van der Waals surface area (Å²) in [7, 11) is 4.16. The molecule has 0 aliphatic heterocycles. The molecule has 0 bridgehead atoms. The summed E-state index contributed by atoms with van der Waals surface area (Å²) in [5.74, 6) is 1.15. The van der Waals surface area contributed by atoms with Gasteiger partial charge in [-0.15, -0.1) is 13.2 Å². The topological polar surface area (TPSA) is 49.8 Å². The summed E-state index contributed by atoms with van der Waals surface area (Å²) >= 11 is 0. The zero-order valence-electron chi connectivity index (χ0n) is 23.5. The molecule has 5 nitrogen and oxygen atoms in total. The second-order valence-corrected chi connectivity index (χ2v) is 10.4. The minimum absolute atomic E-state index is 0.213. The Kier molecular flexibility index (Phi) is 12.4. The van der Waals surface area contributed by atoms with Crippen molar-refractivity contribution in [2.75, 3.05) is 46.9 Å². The summed E-state index contributed by atoms with van der Waals surface area (Å²) < 4.78 is 6.84. The third-order valence-corrected chi connectivity index (χ3v) is 6.59. The molecule has 0 atom stereocenters. The lowest BCUT2D eigenvalue weighted by atomic mass is 9.97. The molecular weight excluding hydrogens is 460 g/mol. The van der Waals surface area contributed by atoms with E-state index in [0.717, 1.165) is 79.6 Å². The maximum absolute atomic E-state index is 13.1. The molecule has 0 unspecified atom stereocenters. The van der Waals surface area contributed by atoms with Crippen molar-refractivity contribution in [3.63, 3.8) is 0 Å². The molecule has 2 aromatic carbocycles. The van der Waals surface area contributed by atoms with Crippen LogP contribution in [-0.4, -0.2) is 67.3 Å². The van der Waals surface area contributed by atoms with E-state index in [2.05, 4.69) is 47.2 Å². The van der Waals surface area contributed by atoms with Crippen LogP contribution in [0.3, 0.4) is 0 Å². The maximum Gasteiger partial charge on any atom is 0.277 e. The molecule has 0 spiro atoms. The normalized spacial score (nSPS) is 11.2. The number of amides is 1. The lowest BCUT2D eigenvalue weighted by molar-refractivity contribution is -0.882. The monoisotopic (exact) mass is 507 g/mol. The zero-order chi connectivity index (χ0) is 27.3. The summed E-state index contributed by atoms with van der Waals surface area (Å²) in [5.41, 5.74) is 3.78. The number of phenolic OH excluding ortho intramolecular Hbond substituents is 1. The smallest absolute Gasteiger partial charge is 0.277 e. The van der Waals surface area contributed by atoms with Crippen LogP contribution in [0.2, 0.25) is 0 Å². The number of rotatable bonds is 17. The van der Waals surface area contributed by atoms with Gasteiger partial charge in [0.25, 0.3) is 5.91 Å². The molecule has 0 aliphatic rings. The van der Waals surface area contributed by atoms with Gasteiger partial charge in [0, 0.05) is 24.2 Å². The molecule has 0 aliphatic carbocycles. The number of hydrogen-bond donors (Lipinski definition) is 1. The fraction of sp³-hybridized carbons (Fsp3) is 0.469. The predicted octanol–water partition coefficient (Wildman–Crippen LogP) is 6.40. The summed E-state index contributed by atoms with van der Waals surface area (Å²) in [4.78, 5) is 15.1. The number of quaternary nitrogens is 1. The van der Waals surface area contributed by atoms with Gasteiger partial charge >= 0.3 is 0 Å². The van der Waals surface area contributed by atoms with Gasteiger partial charge in [-0.2, -0.15) is 0 Å². The Morgan fingerprint density at radius 2 is 1.51 bits per heavy atom. The first-order valence-electron chi connectivity index (χ1n) is 13.6. The van der Waals surface area contributed by atoms with Gasteiger partial charge in [-0.05, 0) is 61.1 Å². The van der Waals surface area contributed by atoms with Gasteiger partial charge in [0.05, 0.1) is 14.1 Å². The van der Waals surface area contributed by atoms with Gasteiger partial charge in [0.2, 0.25) is 0 Å². The standard InChI is InChI=1S/C32H46N2O3/c1-7-11-19-33(20-12-8-2)32(36)25-34(5,6)21-22-37-31-18-16-27(14-10-4)24-29(31)28-23-26(13-9-3)15-17-30(28)35/h9-10,15-18,23-24H,3-4,7-8,11-14,19-22,25H2,1-2,5-6H3/p+1. The molecule has 0 heterocycles. The molecule has 37 heavy (non-hydrogen) atoms. The number of hydrogen-bond acceptors (Lipinski definition) is 3. The fourth-order valence-corrected chi connectivity index (χ4v) is 4.31. The number of benzene rings is 2. The first-order valence-corrected chi connectivity index (χ1v) is 13.6. The molecule has 2 aromatic rings. The Morgan fingerprint density at radius 1 is 0.946 bits per heavy atom. The number of ether oxygens (including phenoxy) is 1. The number of allylic oxidation sites excluding steroid dienone is 2. The number of carbonyl (C=O) groups excluding carboxylic acids is 1. The van der Waals surface area contributed by atoms with Crippen LogP contribution >= 0.6 is 0 Å². The Labute approximate surface area is 224 Å². The van der Waals surface area contributed by atoms with Crippen LogP contribution in [0.5, 0.6) is 11.5 Å². The third-order valence-electron chi connectivity index (χ3n) is 6.59. The van der Waals surface area contributed by atoms with Crippen LogP contribution in [0, 0.1) is 0 Å². The van der Waals surface area contributed by atoms with Crippen molar-refractivity contribution in [3.05, 3.63) is 72.8 Å². The van der Waals surface area contributed by atoms with Crippen LogP contribution in [0.15, 0.2) is 61.7 Å². The second kappa shape index (κ2) is 15.3. The van der Waals surface area contributed by atoms with E-state index in [1.54, 1.807) is 6.07 Å². The van der Waals surface area contributed by atoms with Crippen LogP contribution in [0.1, 0.15) is 50.7 Å². The Balaban J connectivity index is 2.16. The Morgan fingerprint density at radius 3 is 2.08 bits per heavy atom. The molecule has 202 valence electrons. The molecule has 5 heteroatoms. The molecule has 0 saturated carbocycles. The van der Waals surface area contributed by atoms with E-state index >= 15 is 0 Å². The summed E-state index contributed by atoms with van der Waals surface area (Å²) in [6.07, 6.45) is 9.44. The highest BCUT2D eigenvalue weighted by Gasteiger charge is 2.24. The first kappa shape index (κ1) is 30.2. The maximum atomic E-state index is 13.1. The zero-order valence-corrected chi connectivity index (χ0v) is 23.5. The summed E-state index contributed by atoms with van der Waals surface area (Å²) in [6.45, 7) is 15.3. The molecule has 0 aromatic heterocycles. The molecule has 2 rings (SSSR count). The van der Waals surface area contributed by atoms with E-state index in [1.165, 1.54) is 0 Å². The van der Waals surface area contributed by atoms with Crippen molar-refractivity contribution in [2.24, 2.45) is 0 Å². The lowest BCUT2D eigenvalue weighted by Crippen LogP contribution is -2.50. The van der Waals surface area contributed by atoms with Crippen molar-refractivity contribution >= 4 is 5.91 Å². The molecule has 1 N–H and O–H groups in total. The lowest BCUT2D eigenvalue weighted by Gasteiger charge is -2.32. The van der Waals surface area contributed by atoms with E-state index in [-0.39, 0.29) is 11.7 Å². The third kappa shape index (κ3) is 9.73. The predicted molar refractivity (Wildman–Crippen MR) is 155 cm³/mol. The van der Waals surface area contributed by atoms with Crippen molar-refractivity contribution in [1.82, 2.24) is 4.90 Å². The first-order chi connectivity index (χ1) is 17.7. The summed E-state index contributed by atoms with van der Waals surface area (Å²) in [6, 6.07) is 11.7. The molecular formula is C32H47N2O3+. The van der Waals surface area contributed by atoms with Crippen LogP contribution in [0.4, 0.5) is 0 Å². The van der Waals surface area contributed by atoms with Crippen molar-refractivity contribution in [2.45, 2.75) is 52.4 Å². The molecule has 0 fully saturated rings. The number of nitrogens with zero attached hydrogens (tertiary/aromatic N) is 2. The highest BCUT2D eigenvalue weighted by Crippen LogP contribution is 2.37. The summed E-state index contributed by atoms with van der Waals surface area (Å²) in [5, 5.41) is 10.7. The van der Waals surface area contributed by atoms with Crippen molar-refractivity contribution in [3.8, 4) is 22.6 Å². The molecule has 0 radical (unpaired) electrons. The van der Waals surface area contributed by atoms with Gasteiger partial charge < -0.3 is 19.2 Å². The number of aromatic hydroxyl groups is 1. The average molecular weight is 508 g/mol. The minimum atomic E-state index is 0.213.